The van der Waals surface area contributed by atoms with Gasteiger partial charge in [0.05, 0.1) is 25.8 Å². The number of aromatic nitrogens is 3. The number of rotatable bonds is 5. The third-order valence-corrected chi connectivity index (χ3v) is 4.49. The molecular weight excluding hydrogens is 348 g/mol. The van der Waals surface area contributed by atoms with Crippen LogP contribution in [0.1, 0.15) is 18.2 Å². The molecule has 1 amide bonds. The fourth-order valence-electron chi connectivity index (χ4n) is 3.11. The van der Waals surface area contributed by atoms with Gasteiger partial charge in [-0.2, -0.15) is 4.98 Å². The molecule has 27 heavy (non-hydrogen) atoms. The minimum Gasteiger partial charge on any atom is -0.497 e. The molecule has 138 valence electrons. The normalized spacial score (nSPS) is 16.6. The average Bonchev–Trinajstić information content (AvgIpc) is 3.35. The zero-order chi connectivity index (χ0) is 18.8. The van der Waals surface area contributed by atoms with Crippen molar-refractivity contribution < 1.29 is 18.8 Å². The first-order valence-electron chi connectivity index (χ1n) is 8.47. The van der Waals surface area contributed by atoms with Gasteiger partial charge in [-0.3, -0.25) is 9.78 Å². The van der Waals surface area contributed by atoms with Crippen molar-refractivity contribution in [2.45, 2.75) is 12.3 Å². The number of pyridine rings is 1. The number of carbonyl (C=O) groups excluding carboxylic acids is 1. The van der Waals surface area contributed by atoms with E-state index < -0.39 is 0 Å². The summed E-state index contributed by atoms with van der Waals surface area (Å²) >= 11 is 0. The second kappa shape index (κ2) is 7.06. The third kappa shape index (κ3) is 3.21. The number of carbonyl (C=O) groups is 1. The fourth-order valence-corrected chi connectivity index (χ4v) is 3.11. The Bertz CT molecular complexity index is 957. The van der Waals surface area contributed by atoms with Gasteiger partial charge in [0.2, 0.25) is 17.6 Å². The van der Waals surface area contributed by atoms with Crippen LogP contribution in [0.4, 0.5) is 5.69 Å². The van der Waals surface area contributed by atoms with Gasteiger partial charge in [0.15, 0.2) is 0 Å². The first-order chi connectivity index (χ1) is 13.2. The van der Waals surface area contributed by atoms with E-state index in [0.29, 0.717) is 41.1 Å². The van der Waals surface area contributed by atoms with Crippen LogP contribution in [0.15, 0.2) is 47.1 Å². The van der Waals surface area contributed by atoms with Crippen LogP contribution in [-0.2, 0) is 4.79 Å². The van der Waals surface area contributed by atoms with Gasteiger partial charge in [-0.25, -0.2) is 0 Å². The SMILES string of the molecule is COc1ccc(OC)c(N2C[C@@H](c3nc(-c4ccccn4)no3)CC2=O)c1. The molecule has 1 atom stereocenters. The number of anilines is 1. The third-order valence-electron chi connectivity index (χ3n) is 4.49. The Hall–Kier alpha value is -3.42. The quantitative estimate of drug-likeness (QED) is 0.685. The van der Waals surface area contributed by atoms with E-state index in [1.165, 1.54) is 0 Å². The lowest BCUT2D eigenvalue weighted by atomic mass is 10.1. The van der Waals surface area contributed by atoms with E-state index in [1.54, 1.807) is 43.5 Å². The lowest BCUT2D eigenvalue weighted by molar-refractivity contribution is -0.117. The summed E-state index contributed by atoms with van der Waals surface area (Å²) < 4.78 is 16.1. The lowest BCUT2D eigenvalue weighted by Gasteiger charge is -2.20. The summed E-state index contributed by atoms with van der Waals surface area (Å²) in [6, 6.07) is 10.8. The minimum atomic E-state index is -0.196. The molecular formula is C19H18N4O4. The van der Waals surface area contributed by atoms with Crippen LogP contribution in [0.25, 0.3) is 11.5 Å². The van der Waals surface area contributed by atoms with Crippen LogP contribution in [0.3, 0.4) is 0 Å². The van der Waals surface area contributed by atoms with Gasteiger partial charge in [0.1, 0.15) is 17.2 Å². The first-order valence-corrected chi connectivity index (χ1v) is 8.47. The maximum absolute atomic E-state index is 12.6. The van der Waals surface area contributed by atoms with E-state index in [1.807, 2.05) is 18.2 Å². The van der Waals surface area contributed by atoms with Crippen molar-refractivity contribution in [3.63, 3.8) is 0 Å². The molecule has 3 aromatic rings. The lowest BCUT2D eigenvalue weighted by Crippen LogP contribution is -2.24. The molecule has 8 nitrogen and oxygen atoms in total. The molecule has 0 spiro atoms. The molecule has 1 aliphatic rings. The summed E-state index contributed by atoms with van der Waals surface area (Å²) in [5.41, 5.74) is 1.29. The predicted octanol–water partition coefficient (Wildman–Crippen LogP) is 2.67. The molecule has 0 bridgehead atoms. The zero-order valence-corrected chi connectivity index (χ0v) is 15.0. The summed E-state index contributed by atoms with van der Waals surface area (Å²) in [6.45, 7) is 0.423. The number of benzene rings is 1. The standard InChI is InChI=1S/C19H18N4O4/c1-25-13-6-7-16(26-2)15(10-13)23-11-12(9-17(23)24)19-21-18(22-27-19)14-5-3-4-8-20-14/h3-8,10,12H,9,11H2,1-2H3/t12-/m0/s1. The molecule has 0 saturated carbocycles. The topological polar surface area (TPSA) is 90.6 Å². The first kappa shape index (κ1) is 17.0. The molecule has 0 aliphatic carbocycles. The molecule has 4 rings (SSSR count). The van der Waals surface area contributed by atoms with E-state index in [0.717, 1.165) is 0 Å². The maximum atomic E-state index is 12.6. The highest BCUT2D eigenvalue weighted by atomic mass is 16.5. The summed E-state index contributed by atoms with van der Waals surface area (Å²) in [5, 5.41) is 3.99. The van der Waals surface area contributed by atoms with Crippen molar-refractivity contribution in [1.29, 1.82) is 0 Å². The smallest absolute Gasteiger partial charge is 0.232 e. The molecule has 0 N–H and O–H groups in total. The molecule has 1 fully saturated rings. The van der Waals surface area contributed by atoms with Crippen molar-refractivity contribution in [2.24, 2.45) is 0 Å². The van der Waals surface area contributed by atoms with Crippen LogP contribution in [0, 0.1) is 0 Å². The van der Waals surface area contributed by atoms with Crippen molar-refractivity contribution in [3.8, 4) is 23.0 Å². The van der Waals surface area contributed by atoms with Gasteiger partial charge in [-0.05, 0) is 24.3 Å². The van der Waals surface area contributed by atoms with Gasteiger partial charge in [-0.1, -0.05) is 11.2 Å². The Labute approximate surface area is 155 Å². The highest BCUT2D eigenvalue weighted by Gasteiger charge is 2.36. The van der Waals surface area contributed by atoms with Crippen molar-refractivity contribution in [1.82, 2.24) is 15.1 Å². The summed E-state index contributed by atoms with van der Waals surface area (Å²) in [6.07, 6.45) is 1.95. The molecule has 1 aliphatic heterocycles. The van der Waals surface area contributed by atoms with Gasteiger partial charge < -0.3 is 18.9 Å². The van der Waals surface area contributed by atoms with E-state index in [-0.39, 0.29) is 18.2 Å². The second-order valence-electron chi connectivity index (χ2n) is 6.11. The monoisotopic (exact) mass is 366 g/mol. The molecule has 0 radical (unpaired) electrons. The van der Waals surface area contributed by atoms with E-state index in [4.69, 9.17) is 14.0 Å². The Morgan fingerprint density at radius 3 is 2.81 bits per heavy atom. The van der Waals surface area contributed by atoms with Gasteiger partial charge >= 0.3 is 0 Å². The van der Waals surface area contributed by atoms with E-state index in [2.05, 4.69) is 15.1 Å². The highest BCUT2D eigenvalue weighted by molar-refractivity contribution is 5.98. The summed E-state index contributed by atoms with van der Waals surface area (Å²) in [5.74, 6) is 1.85. The Morgan fingerprint density at radius 2 is 2.07 bits per heavy atom. The molecule has 2 aromatic heterocycles. The van der Waals surface area contributed by atoms with Gasteiger partial charge in [0.25, 0.3) is 0 Å². The van der Waals surface area contributed by atoms with Crippen LogP contribution in [0.2, 0.25) is 0 Å². The number of ether oxygens (including phenoxy) is 2. The molecule has 1 aromatic carbocycles. The average molecular weight is 366 g/mol. The Kier molecular flexibility index (Phi) is 4.45. The molecule has 0 unspecified atom stereocenters. The summed E-state index contributed by atoms with van der Waals surface area (Å²) in [7, 11) is 3.15. The number of hydrogen-bond donors (Lipinski definition) is 0. The molecule has 3 heterocycles. The predicted molar refractivity (Wildman–Crippen MR) is 96.8 cm³/mol. The Morgan fingerprint density at radius 1 is 1.19 bits per heavy atom. The number of hydrogen-bond acceptors (Lipinski definition) is 7. The fraction of sp³-hybridized carbons (Fsp3) is 0.263. The zero-order valence-electron chi connectivity index (χ0n) is 15.0. The molecule has 1 saturated heterocycles. The van der Waals surface area contributed by atoms with Crippen LogP contribution >= 0.6 is 0 Å². The van der Waals surface area contributed by atoms with Gasteiger partial charge in [0, 0.05) is 25.2 Å². The second-order valence-corrected chi connectivity index (χ2v) is 6.11. The van der Waals surface area contributed by atoms with Crippen molar-refractivity contribution in [2.75, 3.05) is 25.7 Å². The Balaban J connectivity index is 1.59. The highest BCUT2D eigenvalue weighted by Crippen LogP contribution is 2.38. The van der Waals surface area contributed by atoms with Crippen LogP contribution in [0.5, 0.6) is 11.5 Å². The van der Waals surface area contributed by atoms with E-state index in [9.17, 15) is 4.79 Å². The van der Waals surface area contributed by atoms with Crippen molar-refractivity contribution in [3.05, 3.63) is 48.5 Å². The number of nitrogens with zero attached hydrogens (tertiary/aromatic N) is 4. The van der Waals surface area contributed by atoms with Crippen molar-refractivity contribution >= 4 is 11.6 Å². The number of methoxy groups -OCH3 is 2. The largest absolute Gasteiger partial charge is 0.497 e. The minimum absolute atomic E-state index is 0.0378. The maximum Gasteiger partial charge on any atom is 0.232 e. The van der Waals surface area contributed by atoms with Crippen LogP contribution in [-0.4, -0.2) is 41.8 Å². The summed E-state index contributed by atoms with van der Waals surface area (Å²) in [4.78, 5) is 22.9. The molecule has 8 heteroatoms. The van der Waals surface area contributed by atoms with E-state index >= 15 is 0 Å². The van der Waals surface area contributed by atoms with Crippen LogP contribution < -0.4 is 14.4 Å². The van der Waals surface area contributed by atoms with Gasteiger partial charge in [-0.15, -0.1) is 0 Å². The number of amides is 1.